The maximum atomic E-state index is 5.86. The Morgan fingerprint density at radius 1 is 1.26 bits per heavy atom. The fourth-order valence-electron chi connectivity index (χ4n) is 1.87. The van der Waals surface area contributed by atoms with E-state index in [2.05, 4.69) is 26.2 Å². The number of nitrogens with two attached hydrogens (primary N) is 1. The number of aromatic nitrogens is 1. The van der Waals surface area contributed by atoms with Gasteiger partial charge in [-0.25, -0.2) is 0 Å². The number of para-hydroxylation sites is 1. The van der Waals surface area contributed by atoms with Gasteiger partial charge >= 0.3 is 0 Å². The second kappa shape index (κ2) is 4.59. The number of benzene rings is 2. The summed E-state index contributed by atoms with van der Waals surface area (Å²) < 4.78 is 6.63. The number of aryl methyl sites for hydroxylation is 1. The predicted molar refractivity (Wildman–Crippen MR) is 80.6 cm³/mol. The van der Waals surface area contributed by atoms with Crippen LogP contribution in [-0.4, -0.2) is 4.98 Å². The molecule has 0 bridgehead atoms. The van der Waals surface area contributed by atoms with Gasteiger partial charge in [-0.2, -0.15) is 4.98 Å². The van der Waals surface area contributed by atoms with Gasteiger partial charge in [0, 0.05) is 10.2 Å². The van der Waals surface area contributed by atoms with Gasteiger partial charge < -0.3 is 15.5 Å². The van der Waals surface area contributed by atoms with Crippen molar-refractivity contribution < 1.29 is 4.42 Å². The van der Waals surface area contributed by atoms with E-state index < -0.39 is 0 Å². The lowest BCUT2D eigenvalue weighted by Gasteiger charge is -2.05. The fourth-order valence-corrected chi connectivity index (χ4v) is 2.23. The van der Waals surface area contributed by atoms with Gasteiger partial charge in [-0.1, -0.05) is 28.1 Å². The van der Waals surface area contributed by atoms with Gasteiger partial charge in [0.25, 0.3) is 6.01 Å². The van der Waals surface area contributed by atoms with Crippen molar-refractivity contribution in [2.75, 3.05) is 11.1 Å². The van der Waals surface area contributed by atoms with Crippen LogP contribution in [0.15, 0.2) is 45.3 Å². The molecule has 0 saturated heterocycles. The predicted octanol–water partition coefficient (Wildman–Crippen LogP) is 4.22. The van der Waals surface area contributed by atoms with Crippen molar-refractivity contribution in [1.29, 1.82) is 0 Å². The molecule has 0 fully saturated rings. The van der Waals surface area contributed by atoms with E-state index >= 15 is 0 Å². The van der Waals surface area contributed by atoms with Crippen molar-refractivity contribution in [3.05, 3.63) is 46.4 Å². The first-order valence-corrected chi connectivity index (χ1v) is 6.61. The lowest BCUT2D eigenvalue weighted by molar-refractivity contribution is 0.623. The molecule has 1 aromatic heterocycles. The molecule has 3 aromatic rings. The Bertz CT molecular complexity index is 752. The van der Waals surface area contributed by atoms with Crippen LogP contribution in [0.3, 0.4) is 0 Å². The second-order valence-corrected chi connectivity index (χ2v) is 5.21. The van der Waals surface area contributed by atoms with E-state index in [1.165, 1.54) is 0 Å². The summed E-state index contributed by atoms with van der Waals surface area (Å²) in [5.41, 5.74) is 9.88. The molecule has 2 aromatic carbocycles. The van der Waals surface area contributed by atoms with Gasteiger partial charge in [0.05, 0.1) is 5.69 Å². The smallest absolute Gasteiger partial charge is 0.300 e. The highest BCUT2D eigenvalue weighted by Crippen LogP contribution is 2.28. The topological polar surface area (TPSA) is 64.1 Å². The number of nitrogen functional groups attached to an aromatic ring is 1. The Balaban J connectivity index is 2.01. The second-order valence-electron chi connectivity index (χ2n) is 4.30. The van der Waals surface area contributed by atoms with Gasteiger partial charge in [-0.05, 0) is 36.8 Å². The number of hydrogen-bond donors (Lipinski definition) is 2. The van der Waals surface area contributed by atoms with E-state index in [0.29, 0.717) is 22.8 Å². The molecule has 3 N–H and O–H groups in total. The van der Waals surface area contributed by atoms with Crippen molar-refractivity contribution in [3.8, 4) is 0 Å². The molecular formula is C14H12BrN3O. The number of rotatable bonds is 2. The molecular weight excluding hydrogens is 306 g/mol. The summed E-state index contributed by atoms with van der Waals surface area (Å²) in [6.07, 6.45) is 0. The number of halogens is 1. The monoisotopic (exact) mass is 317 g/mol. The molecule has 0 amide bonds. The lowest BCUT2D eigenvalue weighted by atomic mass is 10.2. The summed E-state index contributed by atoms with van der Waals surface area (Å²) in [6.45, 7) is 2.02. The number of hydrogen-bond acceptors (Lipinski definition) is 4. The summed E-state index contributed by atoms with van der Waals surface area (Å²) in [5.74, 6) is 0. The van der Waals surface area contributed by atoms with Gasteiger partial charge in [0.1, 0.15) is 5.52 Å². The molecule has 96 valence electrons. The van der Waals surface area contributed by atoms with Crippen molar-refractivity contribution in [1.82, 2.24) is 4.98 Å². The van der Waals surface area contributed by atoms with E-state index in [-0.39, 0.29) is 0 Å². The normalized spacial score (nSPS) is 10.8. The van der Waals surface area contributed by atoms with Crippen LogP contribution in [0, 0.1) is 6.92 Å². The quantitative estimate of drug-likeness (QED) is 0.694. The first kappa shape index (κ1) is 12.0. The molecule has 0 unspecified atom stereocenters. The van der Waals surface area contributed by atoms with Crippen LogP contribution >= 0.6 is 15.9 Å². The molecule has 0 spiro atoms. The van der Waals surface area contributed by atoms with E-state index in [1.54, 1.807) is 6.07 Å². The maximum Gasteiger partial charge on any atom is 0.300 e. The fraction of sp³-hybridized carbons (Fsp3) is 0.0714. The van der Waals surface area contributed by atoms with E-state index in [4.69, 9.17) is 10.2 Å². The Morgan fingerprint density at radius 3 is 2.89 bits per heavy atom. The highest BCUT2D eigenvalue weighted by molar-refractivity contribution is 9.10. The zero-order chi connectivity index (χ0) is 13.4. The largest absolute Gasteiger partial charge is 0.423 e. The first-order valence-electron chi connectivity index (χ1n) is 5.82. The minimum absolute atomic E-state index is 0.439. The Morgan fingerprint density at radius 2 is 2.11 bits per heavy atom. The molecule has 0 atom stereocenters. The summed E-state index contributed by atoms with van der Waals surface area (Å²) in [5, 5.41) is 3.17. The Labute approximate surface area is 118 Å². The van der Waals surface area contributed by atoms with Crippen LogP contribution < -0.4 is 11.1 Å². The highest BCUT2D eigenvalue weighted by atomic mass is 79.9. The number of oxazole rings is 1. The third-order valence-corrected chi connectivity index (χ3v) is 3.38. The Hall–Kier alpha value is -2.01. The summed E-state index contributed by atoms with van der Waals surface area (Å²) in [7, 11) is 0. The van der Waals surface area contributed by atoms with Gasteiger partial charge in [-0.15, -0.1) is 0 Å². The third kappa shape index (κ3) is 2.29. The van der Waals surface area contributed by atoms with Gasteiger partial charge in [0.2, 0.25) is 0 Å². The standard InChI is InChI=1S/C14H12BrN3O/c1-8-5-6-9(15)7-11(8)17-14-18-13-10(16)3-2-4-12(13)19-14/h2-7H,16H2,1H3,(H,17,18). The average molecular weight is 318 g/mol. The van der Waals surface area contributed by atoms with Crippen LogP contribution in [0.1, 0.15) is 5.56 Å². The van der Waals surface area contributed by atoms with Crippen LogP contribution in [0.4, 0.5) is 17.4 Å². The molecule has 1 heterocycles. The van der Waals surface area contributed by atoms with Crippen LogP contribution in [0.5, 0.6) is 0 Å². The third-order valence-electron chi connectivity index (χ3n) is 2.89. The minimum atomic E-state index is 0.439. The van der Waals surface area contributed by atoms with Crippen molar-refractivity contribution in [2.24, 2.45) is 0 Å². The summed E-state index contributed by atoms with van der Waals surface area (Å²) in [6, 6.07) is 11.9. The van der Waals surface area contributed by atoms with E-state index in [9.17, 15) is 0 Å². The molecule has 0 saturated carbocycles. The molecule has 0 aliphatic rings. The van der Waals surface area contributed by atoms with Crippen LogP contribution in [0.2, 0.25) is 0 Å². The molecule has 19 heavy (non-hydrogen) atoms. The maximum absolute atomic E-state index is 5.86. The molecule has 0 radical (unpaired) electrons. The zero-order valence-electron chi connectivity index (χ0n) is 10.3. The van der Waals surface area contributed by atoms with Crippen LogP contribution in [-0.2, 0) is 0 Å². The number of nitrogens with zero attached hydrogens (tertiary/aromatic N) is 1. The highest BCUT2D eigenvalue weighted by Gasteiger charge is 2.09. The van der Waals surface area contributed by atoms with Crippen molar-refractivity contribution in [2.45, 2.75) is 6.92 Å². The average Bonchev–Trinajstić information content (AvgIpc) is 2.78. The SMILES string of the molecule is Cc1ccc(Br)cc1Nc1nc2c(N)cccc2o1. The molecule has 5 heteroatoms. The Kier molecular flexibility index (Phi) is 2.91. The lowest BCUT2D eigenvalue weighted by Crippen LogP contribution is -1.93. The van der Waals surface area contributed by atoms with E-state index in [1.807, 2.05) is 37.3 Å². The summed E-state index contributed by atoms with van der Waals surface area (Å²) in [4.78, 5) is 4.36. The van der Waals surface area contributed by atoms with E-state index in [0.717, 1.165) is 15.7 Å². The molecule has 4 nitrogen and oxygen atoms in total. The molecule has 0 aliphatic heterocycles. The van der Waals surface area contributed by atoms with Gasteiger partial charge in [-0.3, -0.25) is 0 Å². The number of nitrogens with one attached hydrogen (secondary N) is 1. The molecule has 0 aliphatic carbocycles. The van der Waals surface area contributed by atoms with Gasteiger partial charge in [0.15, 0.2) is 5.58 Å². The van der Waals surface area contributed by atoms with Crippen LogP contribution in [0.25, 0.3) is 11.1 Å². The first-order chi connectivity index (χ1) is 9.13. The molecule has 3 rings (SSSR count). The number of fused-ring (bicyclic) bond motifs is 1. The van der Waals surface area contributed by atoms with Crippen molar-refractivity contribution in [3.63, 3.8) is 0 Å². The number of anilines is 3. The summed E-state index contributed by atoms with van der Waals surface area (Å²) >= 11 is 3.44. The van der Waals surface area contributed by atoms with Crippen molar-refractivity contribution >= 4 is 44.4 Å². The minimum Gasteiger partial charge on any atom is -0.423 e. The zero-order valence-corrected chi connectivity index (χ0v) is 11.9.